The number of hydrogen-bond donors (Lipinski definition) is 2. The van der Waals surface area contributed by atoms with Crippen LogP contribution in [0.1, 0.15) is 28.4 Å². The number of aromatic carboxylic acids is 1. The Morgan fingerprint density at radius 3 is 2.55 bits per heavy atom. The maximum Gasteiger partial charge on any atom is 0.335 e. The fraction of sp³-hybridized carbons (Fsp3) is 0.130. The third-order valence-corrected chi connectivity index (χ3v) is 5.09. The number of halogens is 1. The molecule has 0 aliphatic rings. The van der Waals surface area contributed by atoms with E-state index in [1.165, 1.54) is 18.2 Å². The standard InChI is InChI=1S/C23H20BrN3O6/c1-2-32-21-11-17(13-25-26-18-6-8-19(9-7-18)27(30)31)20(24)12-22(21)33-14-15-4-3-5-16(10-15)23(28)29/h3-13,26H,2,14H2,1H3,(H,28,29)/b25-13+. The van der Waals surface area contributed by atoms with E-state index in [4.69, 9.17) is 14.6 Å². The van der Waals surface area contributed by atoms with Crippen molar-refractivity contribution in [2.45, 2.75) is 13.5 Å². The molecule has 2 N–H and O–H groups in total. The first kappa shape index (κ1) is 23.7. The van der Waals surface area contributed by atoms with E-state index in [0.29, 0.717) is 39.4 Å². The predicted molar refractivity (Wildman–Crippen MR) is 127 cm³/mol. The highest BCUT2D eigenvalue weighted by Gasteiger charge is 2.11. The average Bonchev–Trinajstić information content (AvgIpc) is 2.80. The number of nitrogens with zero attached hydrogens (tertiary/aromatic N) is 2. The van der Waals surface area contributed by atoms with Gasteiger partial charge in [-0.05, 0) is 64.8 Å². The molecule has 9 nitrogen and oxygen atoms in total. The normalized spacial score (nSPS) is 10.7. The van der Waals surface area contributed by atoms with Gasteiger partial charge in [-0.25, -0.2) is 4.79 Å². The minimum atomic E-state index is -0.999. The molecule has 0 aliphatic heterocycles. The highest BCUT2D eigenvalue weighted by atomic mass is 79.9. The van der Waals surface area contributed by atoms with Crippen molar-refractivity contribution in [3.8, 4) is 11.5 Å². The van der Waals surface area contributed by atoms with Crippen molar-refractivity contribution in [1.29, 1.82) is 0 Å². The first-order valence-corrected chi connectivity index (χ1v) is 10.6. The highest BCUT2D eigenvalue weighted by Crippen LogP contribution is 2.34. The fourth-order valence-corrected chi connectivity index (χ4v) is 3.24. The van der Waals surface area contributed by atoms with Crippen LogP contribution >= 0.6 is 15.9 Å². The number of nitro groups is 1. The Hall–Kier alpha value is -3.92. The number of benzene rings is 3. The number of non-ortho nitro benzene ring substituents is 1. The smallest absolute Gasteiger partial charge is 0.335 e. The number of nitro benzene ring substituents is 1. The largest absolute Gasteiger partial charge is 0.490 e. The maximum absolute atomic E-state index is 11.2. The van der Waals surface area contributed by atoms with Crippen molar-refractivity contribution in [3.05, 3.63) is 91.9 Å². The van der Waals surface area contributed by atoms with Crippen LogP contribution in [-0.4, -0.2) is 28.8 Å². The van der Waals surface area contributed by atoms with Gasteiger partial charge < -0.3 is 14.6 Å². The van der Waals surface area contributed by atoms with Gasteiger partial charge in [0.2, 0.25) is 0 Å². The van der Waals surface area contributed by atoms with Crippen molar-refractivity contribution in [2.75, 3.05) is 12.0 Å². The molecule has 0 amide bonds. The van der Waals surface area contributed by atoms with Crippen molar-refractivity contribution >= 4 is 39.5 Å². The van der Waals surface area contributed by atoms with E-state index in [1.807, 2.05) is 6.92 Å². The minimum absolute atomic E-state index is 0.00101. The third kappa shape index (κ3) is 6.53. The van der Waals surface area contributed by atoms with Crippen molar-refractivity contribution < 1.29 is 24.3 Å². The van der Waals surface area contributed by atoms with Crippen LogP contribution in [0.2, 0.25) is 0 Å². The Kier molecular flexibility index (Phi) is 7.98. The lowest BCUT2D eigenvalue weighted by Gasteiger charge is -2.14. The van der Waals surface area contributed by atoms with Crippen LogP contribution in [0.25, 0.3) is 0 Å². The van der Waals surface area contributed by atoms with Crippen LogP contribution in [-0.2, 0) is 6.61 Å². The van der Waals surface area contributed by atoms with E-state index < -0.39 is 10.9 Å². The van der Waals surface area contributed by atoms with Gasteiger partial charge in [-0.3, -0.25) is 15.5 Å². The third-order valence-electron chi connectivity index (χ3n) is 4.41. The number of carboxylic acid groups (broad SMARTS) is 1. The van der Waals surface area contributed by atoms with E-state index in [1.54, 1.807) is 48.7 Å². The number of rotatable bonds is 10. The zero-order valence-corrected chi connectivity index (χ0v) is 19.1. The molecule has 0 unspecified atom stereocenters. The topological polar surface area (TPSA) is 123 Å². The Morgan fingerprint density at radius 1 is 1.15 bits per heavy atom. The molecule has 0 radical (unpaired) electrons. The van der Waals surface area contributed by atoms with Crippen LogP contribution in [0.4, 0.5) is 11.4 Å². The molecule has 0 spiro atoms. The molecule has 0 atom stereocenters. The van der Waals surface area contributed by atoms with Gasteiger partial charge in [0.05, 0.1) is 29.0 Å². The number of ether oxygens (including phenoxy) is 2. The zero-order valence-electron chi connectivity index (χ0n) is 17.5. The average molecular weight is 514 g/mol. The monoisotopic (exact) mass is 513 g/mol. The summed E-state index contributed by atoms with van der Waals surface area (Å²) in [7, 11) is 0. The van der Waals surface area contributed by atoms with E-state index in [9.17, 15) is 14.9 Å². The quantitative estimate of drug-likeness (QED) is 0.209. The molecule has 0 saturated carbocycles. The number of anilines is 1. The predicted octanol–water partition coefficient (Wildman–Crippen LogP) is 5.48. The Bertz CT molecular complexity index is 1180. The van der Waals surface area contributed by atoms with Crippen LogP contribution in [0.5, 0.6) is 11.5 Å². The van der Waals surface area contributed by atoms with Gasteiger partial charge in [-0.15, -0.1) is 0 Å². The second-order valence-corrected chi connectivity index (χ2v) is 7.58. The molecule has 3 aromatic carbocycles. The molecule has 33 heavy (non-hydrogen) atoms. The Morgan fingerprint density at radius 2 is 1.88 bits per heavy atom. The summed E-state index contributed by atoms with van der Waals surface area (Å²) in [5.41, 5.74) is 5.04. The number of nitrogens with one attached hydrogen (secondary N) is 1. The molecular formula is C23H20BrN3O6. The Balaban J connectivity index is 1.73. The van der Waals surface area contributed by atoms with Gasteiger partial charge in [0.25, 0.3) is 5.69 Å². The number of hydrogen-bond acceptors (Lipinski definition) is 7. The summed E-state index contributed by atoms with van der Waals surface area (Å²) in [4.78, 5) is 21.4. The van der Waals surface area contributed by atoms with Crippen LogP contribution in [0.15, 0.2) is 70.2 Å². The second kappa shape index (κ2) is 11.1. The number of carboxylic acids is 1. The fourth-order valence-electron chi connectivity index (χ4n) is 2.82. The molecule has 0 heterocycles. The lowest BCUT2D eigenvalue weighted by molar-refractivity contribution is -0.384. The van der Waals surface area contributed by atoms with Gasteiger partial charge in [0, 0.05) is 22.2 Å². The van der Waals surface area contributed by atoms with E-state index in [-0.39, 0.29) is 17.9 Å². The zero-order chi connectivity index (χ0) is 23.8. The van der Waals surface area contributed by atoms with Crippen molar-refractivity contribution in [2.24, 2.45) is 5.10 Å². The highest BCUT2D eigenvalue weighted by molar-refractivity contribution is 9.10. The number of carbonyl (C=O) groups is 1. The van der Waals surface area contributed by atoms with Crippen LogP contribution in [0, 0.1) is 10.1 Å². The summed E-state index contributed by atoms with van der Waals surface area (Å²) in [5, 5.41) is 24.0. The van der Waals surface area contributed by atoms with E-state index in [0.717, 1.165) is 0 Å². The van der Waals surface area contributed by atoms with Gasteiger partial charge in [-0.2, -0.15) is 5.10 Å². The molecule has 0 saturated heterocycles. The Labute approximate surface area is 197 Å². The van der Waals surface area contributed by atoms with Gasteiger partial charge in [0.1, 0.15) is 6.61 Å². The molecule has 3 rings (SSSR count). The van der Waals surface area contributed by atoms with E-state index in [2.05, 4.69) is 26.5 Å². The molecule has 10 heteroatoms. The molecule has 3 aromatic rings. The first-order chi connectivity index (χ1) is 15.9. The summed E-state index contributed by atoms with van der Waals surface area (Å²) in [6.07, 6.45) is 1.58. The number of hydrazone groups is 1. The van der Waals surface area contributed by atoms with Gasteiger partial charge in [-0.1, -0.05) is 12.1 Å². The summed E-state index contributed by atoms with van der Waals surface area (Å²) in [5.74, 6) is -0.00242. The van der Waals surface area contributed by atoms with Gasteiger partial charge >= 0.3 is 5.97 Å². The molecule has 0 aromatic heterocycles. The lowest BCUT2D eigenvalue weighted by atomic mass is 10.1. The summed E-state index contributed by atoms with van der Waals surface area (Å²) < 4.78 is 12.3. The molecule has 0 bridgehead atoms. The second-order valence-electron chi connectivity index (χ2n) is 6.72. The maximum atomic E-state index is 11.2. The van der Waals surface area contributed by atoms with Crippen molar-refractivity contribution in [3.63, 3.8) is 0 Å². The van der Waals surface area contributed by atoms with Crippen LogP contribution < -0.4 is 14.9 Å². The SMILES string of the molecule is CCOc1cc(/C=N/Nc2ccc([N+](=O)[O-])cc2)c(Br)cc1OCc1cccc(C(=O)O)c1. The molecule has 0 aliphatic carbocycles. The first-order valence-electron chi connectivity index (χ1n) is 9.82. The molecule has 170 valence electrons. The van der Waals surface area contributed by atoms with Gasteiger partial charge in [0.15, 0.2) is 11.5 Å². The summed E-state index contributed by atoms with van der Waals surface area (Å²) >= 11 is 3.49. The van der Waals surface area contributed by atoms with E-state index >= 15 is 0 Å². The molecule has 0 fully saturated rings. The lowest BCUT2D eigenvalue weighted by Crippen LogP contribution is -2.03. The van der Waals surface area contributed by atoms with Crippen LogP contribution in [0.3, 0.4) is 0 Å². The van der Waals surface area contributed by atoms with Crippen molar-refractivity contribution in [1.82, 2.24) is 0 Å². The summed E-state index contributed by atoms with van der Waals surface area (Å²) in [6.45, 7) is 2.44. The summed E-state index contributed by atoms with van der Waals surface area (Å²) in [6, 6.07) is 15.9. The molecular weight excluding hydrogens is 494 g/mol. The minimum Gasteiger partial charge on any atom is -0.490 e.